The lowest BCUT2D eigenvalue weighted by Crippen LogP contribution is -2.56. The molecular formula is C18H25N3. The van der Waals surface area contributed by atoms with Crippen molar-refractivity contribution in [2.24, 2.45) is 11.8 Å². The molecule has 6 atom stereocenters. The third kappa shape index (κ3) is 1.62. The van der Waals surface area contributed by atoms with Crippen molar-refractivity contribution in [3.8, 4) is 0 Å². The molecule has 0 spiro atoms. The van der Waals surface area contributed by atoms with Crippen molar-refractivity contribution < 1.29 is 0 Å². The number of hydrogen-bond donors (Lipinski definition) is 1. The molecule has 2 N–H and O–H groups in total. The van der Waals surface area contributed by atoms with E-state index < -0.39 is 0 Å². The van der Waals surface area contributed by atoms with Crippen molar-refractivity contribution in [2.45, 2.75) is 37.3 Å². The zero-order valence-electron chi connectivity index (χ0n) is 12.7. The first-order valence-corrected chi connectivity index (χ1v) is 8.61. The predicted octanol–water partition coefficient (Wildman–Crippen LogP) is 2.28. The van der Waals surface area contributed by atoms with Crippen LogP contribution in [0.15, 0.2) is 24.3 Å². The Hall–Kier alpha value is -1.06. The van der Waals surface area contributed by atoms with E-state index in [1.54, 1.807) is 0 Å². The van der Waals surface area contributed by atoms with E-state index in [9.17, 15) is 0 Å². The minimum Gasteiger partial charge on any atom is -0.399 e. The van der Waals surface area contributed by atoms with E-state index >= 15 is 0 Å². The highest BCUT2D eigenvalue weighted by atomic mass is 15.3. The quantitative estimate of drug-likeness (QED) is 0.845. The molecule has 0 aliphatic carbocycles. The summed E-state index contributed by atoms with van der Waals surface area (Å²) >= 11 is 0. The molecule has 3 nitrogen and oxygen atoms in total. The summed E-state index contributed by atoms with van der Waals surface area (Å²) in [6.45, 7) is 5.29. The zero-order valence-corrected chi connectivity index (χ0v) is 12.7. The van der Waals surface area contributed by atoms with Gasteiger partial charge in [-0.3, -0.25) is 9.80 Å². The smallest absolute Gasteiger partial charge is 0.0620 e. The lowest BCUT2D eigenvalue weighted by atomic mass is 9.73. The first-order chi connectivity index (χ1) is 10.3. The van der Waals surface area contributed by atoms with Gasteiger partial charge in [0.1, 0.15) is 0 Å². The van der Waals surface area contributed by atoms with E-state index in [1.165, 1.54) is 57.4 Å². The van der Waals surface area contributed by atoms with Crippen molar-refractivity contribution in [3.63, 3.8) is 0 Å². The summed E-state index contributed by atoms with van der Waals surface area (Å²) in [5.41, 5.74) is 8.63. The highest BCUT2D eigenvalue weighted by molar-refractivity contribution is 5.43. The molecule has 4 aliphatic heterocycles. The Bertz CT molecular complexity index is 554. The highest BCUT2D eigenvalue weighted by Gasteiger charge is 2.58. The second-order valence-corrected chi connectivity index (χ2v) is 7.75. The van der Waals surface area contributed by atoms with Gasteiger partial charge in [0.15, 0.2) is 0 Å². The van der Waals surface area contributed by atoms with Crippen LogP contribution in [0.1, 0.15) is 31.2 Å². The van der Waals surface area contributed by atoms with Gasteiger partial charge >= 0.3 is 0 Å². The molecule has 6 unspecified atom stereocenters. The van der Waals surface area contributed by atoms with Gasteiger partial charge in [-0.15, -0.1) is 0 Å². The average Bonchev–Trinajstić information content (AvgIpc) is 3.27. The van der Waals surface area contributed by atoms with Gasteiger partial charge in [-0.1, -0.05) is 12.1 Å². The summed E-state index contributed by atoms with van der Waals surface area (Å²) in [6.07, 6.45) is 5.61. The number of piperidine rings is 2. The molecule has 1 aromatic carbocycles. The Morgan fingerprint density at radius 2 is 1.81 bits per heavy atom. The molecule has 1 aromatic rings. The van der Waals surface area contributed by atoms with Crippen molar-refractivity contribution in [2.75, 3.05) is 31.9 Å². The second-order valence-electron chi connectivity index (χ2n) is 7.75. The Morgan fingerprint density at radius 1 is 1.00 bits per heavy atom. The third-order valence-electron chi connectivity index (χ3n) is 6.73. The predicted molar refractivity (Wildman–Crippen MR) is 84.9 cm³/mol. The fraction of sp³-hybridized carbons (Fsp3) is 0.667. The number of nitrogens with two attached hydrogens (primary N) is 1. The Kier molecular flexibility index (Phi) is 2.52. The van der Waals surface area contributed by atoms with Gasteiger partial charge in [0.05, 0.1) is 5.54 Å². The topological polar surface area (TPSA) is 32.5 Å². The Labute approximate surface area is 127 Å². The second kappa shape index (κ2) is 4.23. The number of benzene rings is 1. The lowest BCUT2D eigenvalue weighted by Gasteiger charge is -2.49. The van der Waals surface area contributed by atoms with Crippen molar-refractivity contribution in [3.05, 3.63) is 29.8 Å². The summed E-state index contributed by atoms with van der Waals surface area (Å²) in [5.74, 6) is 1.88. The van der Waals surface area contributed by atoms with Crippen molar-refractivity contribution in [1.82, 2.24) is 9.80 Å². The molecule has 112 valence electrons. The monoisotopic (exact) mass is 283 g/mol. The number of hydrogen-bond acceptors (Lipinski definition) is 3. The van der Waals surface area contributed by atoms with Crippen LogP contribution in [-0.4, -0.2) is 42.0 Å². The van der Waals surface area contributed by atoms with E-state index in [1.807, 2.05) is 0 Å². The molecule has 4 fully saturated rings. The van der Waals surface area contributed by atoms with Crippen molar-refractivity contribution in [1.29, 1.82) is 0 Å². The van der Waals surface area contributed by atoms with Gasteiger partial charge in [-0.05, 0) is 68.3 Å². The third-order valence-corrected chi connectivity index (χ3v) is 6.73. The largest absolute Gasteiger partial charge is 0.399 e. The van der Waals surface area contributed by atoms with E-state index in [2.05, 4.69) is 34.1 Å². The van der Waals surface area contributed by atoms with Crippen LogP contribution in [-0.2, 0) is 5.54 Å². The average molecular weight is 283 g/mol. The molecule has 3 heteroatoms. The van der Waals surface area contributed by atoms with E-state index in [4.69, 9.17) is 5.73 Å². The maximum absolute atomic E-state index is 5.93. The number of anilines is 1. The van der Waals surface area contributed by atoms with E-state index in [0.717, 1.165) is 23.6 Å². The minimum absolute atomic E-state index is 0.284. The first kappa shape index (κ1) is 12.5. The minimum atomic E-state index is 0.284. The summed E-state index contributed by atoms with van der Waals surface area (Å²) in [4.78, 5) is 5.61. The Morgan fingerprint density at radius 3 is 2.38 bits per heavy atom. The summed E-state index contributed by atoms with van der Waals surface area (Å²) < 4.78 is 0. The van der Waals surface area contributed by atoms with Crippen LogP contribution >= 0.6 is 0 Å². The molecule has 4 heterocycles. The molecule has 0 radical (unpaired) electrons. The molecule has 4 aliphatic rings. The molecule has 4 bridgehead atoms. The number of nitrogens with zero attached hydrogens (tertiary/aromatic N) is 2. The number of rotatable bonds is 2. The van der Waals surface area contributed by atoms with Crippen LogP contribution in [0.5, 0.6) is 0 Å². The molecule has 21 heavy (non-hydrogen) atoms. The van der Waals surface area contributed by atoms with Crippen LogP contribution in [0, 0.1) is 11.8 Å². The molecule has 0 saturated carbocycles. The number of nitrogen functional groups attached to an aromatic ring is 1. The van der Waals surface area contributed by atoms with Crippen LogP contribution in [0.3, 0.4) is 0 Å². The molecule has 5 rings (SSSR count). The first-order valence-electron chi connectivity index (χ1n) is 8.61. The molecule has 4 saturated heterocycles. The highest BCUT2D eigenvalue weighted by Crippen LogP contribution is 2.54. The van der Waals surface area contributed by atoms with Gasteiger partial charge in [0, 0.05) is 24.8 Å². The number of fused-ring (bicyclic) bond motifs is 4. The van der Waals surface area contributed by atoms with Crippen LogP contribution in [0.4, 0.5) is 5.69 Å². The summed E-state index contributed by atoms with van der Waals surface area (Å²) in [5, 5.41) is 0. The molecule has 0 aromatic heterocycles. The lowest BCUT2D eigenvalue weighted by molar-refractivity contribution is 0.0298. The van der Waals surface area contributed by atoms with Crippen molar-refractivity contribution >= 4 is 5.69 Å². The standard InChI is InChI=1S/C18H25N3/c19-16-3-1-15(2-4-16)18(10-14-6-8-21(18)12-14)17-9-13-5-7-20(17)11-13/h1-4,13-14,17H,5-12,19H2. The molecular weight excluding hydrogens is 258 g/mol. The van der Waals surface area contributed by atoms with Crippen LogP contribution in [0.25, 0.3) is 0 Å². The Balaban J connectivity index is 1.60. The fourth-order valence-electron chi connectivity index (χ4n) is 5.84. The fourth-order valence-corrected chi connectivity index (χ4v) is 5.84. The van der Waals surface area contributed by atoms with E-state index in [-0.39, 0.29) is 5.54 Å². The van der Waals surface area contributed by atoms with Gasteiger partial charge in [0.2, 0.25) is 0 Å². The van der Waals surface area contributed by atoms with Crippen LogP contribution < -0.4 is 5.73 Å². The van der Waals surface area contributed by atoms with Gasteiger partial charge in [-0.2, -0.15) is 0 Å². The SMILES string of the molecule is Nc1ccc(C2(C3CC4CCN3C4)CC3CCN2C3)cc1. The van der Waals surface area contributed by atoms with Gasteiger partial charge < -0.3 is 5.73 Å². The summed E-state index contributed by atoms with van der Waals surface area (Å²) in [6, 6.07) is 9.57. The van der Waals surface area contributed by atoms with E-state index in [0.29, 0.717) is 0 Å². The van der Waals surface area contributed by atoms with Crippen LogP contribution in [0.2, 0.25) is 0 Å². The maximum Gasteiger partial charge on any atom is 0.0620 e. The normalized spacial score (nSPS) is 47.3. The maximum atomic E-state index is 5.93. The summed E-state index contributed by atoms with van der Waals surface area (Å²) in [7, 11) is 0. The van der Waals surface area contributed by atoms with Gasteiger partial charge in [-0.25, -0.2) is 0 Å². The molecule has 0 amide bonds. The zero-order chi connectivity index (χ0) is 14.0. The van der Waals surface area contributed by atoms with Gasteiger partial charge in [0.25, 0.3) is 0 Å².